The lowest BCUT2D eigenvalue weighted by Crippen LogP contribution is -2.34. The van der Waals surface area contributed by atoms with Gasteiger partial charge in [-0.3, -0.25) is 9.59 Å². The van der Waals surface area contributed by atoms with Crippen LogP contribution in [0.15, 0.2) is 33.2 Å². The molecule has 1 aliphatic rings. The first-order valence-corrected chi connectivity index (χ1v) is 7.40. The van der Waals surface area contributed by atoms with E-state index in [1.165, 1.54) is 0 Å². The number of halogens is 1. The van der Waals surface area contributed by atoms with Gasteiger partial charge in [0.05, 0.1) is 5.41 Å². The molecule has 2 heterocycles. The summed E-state index contributed by atoms with van der Waals surface area (Å²) < 4.78 is 6.48. The summed E-state index contributed by atoms with van der Waals surface area (Å²) in [6.45, 7) is 2.31. The van der Waals surface area contributed by atoms with Crippen molar-refractivity contribution < 1.29 is 19.1 Å². The zero-order valence-electron chi connectivity index (χ0n) is 11.4. The number of benzene rings is 1. The van der Waals surface area contributed by atoms with Crippen LogP contribution in [0.4, 0.5) is 0 Å². The van der Waals surface area contributed by atoms with E-state index < -0.39 is 11.4 Å². The number of carboxylic acid groups (broad SMARTS) is 1. The van der Waals surface area contributed by atoms with Crippen LogP contribution in [-0.4, -0.2) is 35.0 Å². The highest BCUT2D eigenvalue weighted by Crippen LogP contribution is 2.32. The maximum atomic E-state index is 12.4. The standard InChI is InChI=1S/C15H14BrNO4/c1-15(14(19)20)4-5-17(8-15)13(18)12-7-9-6-10(16)2-3-11(9)21-12/h2-3,6-7H,4-5,8H2,1H3,(H,19,20)/t15-/m0/s1. The maximum Gasteiger partial charge on any atom is 0.311 e. The largest absolute Gasteiger partial charge is 0.481 e. The van der Waals surface area contributed by atoms with Crippen molar-refractivity contribution >= 4 is 38.8 Å². The van der Waals surface area contributed by atoms with Crippen LogP contribution >= 0.6 is 15.9 Å². The van der Waals surface area contributed by atoms with E-state index in [2.05, 4.69) is 15.9 Å². The third-order valence-electron chi connectivity index (χ3n) is 3.97. The number of carbonyl (C=O) groups is 2. The van der Waals surface area contributed by atoms with Gasteiger partial charge in [-0.1, -0.05) is 15.9 Å². The fraction of sp³-hybridized carbons (Fsp3) is 0.333. The predicted molar refractivity (Wildman–Crippen MR) is 80.2 cm³/mol. The van der Waals surface area contributed by atoms with Crippen molar-refractivity contribution in [2.75, 3.05) is 13.1 Å². The average Bonchev–Trinajstić information content (AvgIpc) is 3.02. The Hall–Kier alpha value is -1.82. The number of aliphatic carboxylic acids is 1. The number of carbonyl (C=O) groups excluding carboxylic acids is 1. The number of hydrogen-bond acceptors (Lipinski definition) is 3. The van der Waals surface area contributed by atoms with Crippen molar-refractivity contribution in [3.05, 3.63) is 34.5 Å². The first-order chi connectivity index (χ1) is 9.89. The highest BCUT2D eigenvalue weighted by Gasteiger charge is 2.42. The molecule has 0 saturated carbocycles. The van der Waals surface area contributed by atoms with Gasteiger partial charge in [-0.2, -0.15) is 0 Å². The molecule has 0 spiro atoms. The molecular formula is C15H14BrNO4. The molecule has 3 rings (SSSR count). The molecule has 1 N–H and O–H groups in total. The number of amides is 1. The predicted octanol–water partition coefficient (Wildman–Crippen LogP) is 3.13. The summed E-state index contributed by atoms with van der Waals surface area (Å²) >= 11 is 3.37. The molecule has 6 heteroatoms. The zero-order chi connectivity index (χ0) is 15.2. The summed E-state index contributed by atoms with van der Waals surface area (Å²) in [5, 5.41) is 10.1. The monoisotopic (exact) mass is 351 g/mol. The highest BCUT2D eigenvalue weighted by molar-refractivity contribution is 9.10. The number of furan rings is 1. The van der Waals surface area contributed by atoms with Gasteiger partial charge < -0.3 is 14.4 Å². The molecule has 0 aliphatic carbocycles. The fourth-order valence-corrected chi connectivity index (χ4v) is 2.96. The number of carboxylic acids is 1. The van der Waals surface area contributed by atoms with Gasteiger partial charge in [-0.15, -0.1) is 0 Å². The molecule has 0 radical (unpaired) electrons. The smallest absolute Gasteiger partial charge is 0.311 e. The molecule has 1 atom stereocenters. The summed E-state index contributed by atoms with van der Waals surface area (Å²) in [6, 6.07) is 7.21. The van der Waals surface area contributed by atoms with Crippen LogP contribution in [0.2, 0.25) is 0 Å². The molecule has 0 bridgehead atoms. The van der Waals surface area contributed by atoms with Crippen LogP contribution in [0.3, 0.4) is 0 Å². The molecule has 2 aromatic rings. The van der Waals surface area contributed by atoms with E-state index in [1.54, 1.807) is 24.0 Å². The van der Waals surface area contributed by atoms with Crippen LogP contribution < -0.4 is 0 Å². The Labute approximate surface area is 129 Å². The molecule has 0 unspecified atom stereocenters. The van der Waals surface area contributed by atoms with Gasteiger partial charge in [-0.05, 0) is 37.6 Å². The van der Waals surface area contributed by atoms with Crippen molar-refractivity contribution in [2.45, 2.75) is 13.3 Å². The van der Waals surface area contributed by atoms with Crippen LogP contribution in [0, 0.1) is 5.41 Å². The van der Waals surface area contributed by atoms with Gasteiger partial charge in [0.15, 0.2) is 5.76 Å². The van der Waals surface area contributed by atoms with Crippen LogP contribution in [-0.2, 0) is 4.79 Å². The minimum Gasteiger partial charge on any atom is -0.481 e. The number of hydrogen-bond donors (Lipinski definition) is 1. The number of rotatable bonds is 2. The Morgan fingerprint density at radius 1 is 1.38 bits per heavy atom. The summed E-state index contributed by atoms with van der Waals surface area (Å²) in [7, 11) is 0. The average molecular weight is 352 g/mol. The van der Waals surface area contributed by atoms with Crippen molar-refractivity contribution in [2.24, 2.45) is 5.41 Å². The molecule has 1 aromatic carbocycles. The molecule has 1 aliphatic heterocycles. The topological polar surface area (TPSA) is 70.8 Å². The molecule has 1 saturated heterocycles. The third-order valence-corrected chi connectivity index (χ3v) is 4.46. The molecular weight excluding hydrogens is 338 g/mol. The quantitative estimate of drug-likeness (QED) is 0.902. The molecule has 21 heavy (non-hydrogen) atoms. The van der Waals surface area contributed by atoms with E-state index >= 15 is 0 Å². The minimum absolute atomic E-state index is 0.210. The Morgan fingerprint density at radius 3 is 2.81 bits per heavy atom. The maximum absolute atomic E-state index is 12.4. The fourth-order valence-electron chi connectivity index (χ4n) is 2.58. The van der Waals surface area contributed by atoms with E-state index in [4.69, 9.17) is 4.42 Å². The second kappa shape index (κ2) is 4.87. The summed E-state index contributed by atoms with van der Waals surface area (Å²) in [5.41, 5.74) is -0.230. The summed E-state index contributed by atoms with van der Waals surface area (Å²) in [5.74, 6) is -0.878. The number of likely N-dealkylation sites (tertiary alicyclic amines) is 1. The van der Waals surface area contributed by atoms with Gasteiger partial charge in [-0.25, -0.2) is 0 Å². The number of nitrogens with zero attached hydrogens (tertiary/aromatic N) is 1. The van der Waals surface area contributed by atoms with Gasteiger partial charge in [0, 0.05) is 22.9 Å². The number of fused-ring (bicyclic) bond motifs is 1. The van der Waals surface area contributed by atoms with Gasteiger partial charge in [0.2, 0.25) is 0 Å². The molecule has 1 fully saturated rings. The Kier molecular flexibility index (Phi) is 3.28. The zero-order valence-corrected chi connectivity index (χ0v) is 13.0. The Balaban J connectivity index is 1.86. The second-order valence-corrected chi connectivity index (χ2v) is 6.55. The van der Waals surface area contributed by atoms with Gasteiger partial charge >= 0.3 is 5.97 Å². The summed E-state index contributed by atoms with van der Waals surface area (Å²) in [6.07, 6.45) is 0.458. The van der Waals surface area contributed by atoms with Crippen LogP contribution in [0.1, 0.15) is 23.9 Å². The normalized spacial score (nSPS) is 21.9. The van der Waals surface area contributed by atoms with Crippen LogP contribution in [0.5, 0.6) is 0 Å². The molecule has 110 valence electrons. The van der Waals surface area contributed by atoms with E-state index in [1.807, 2.05) is 12.1 Å². The van der Waals surface area contributed by atoms with Gasteiger partial charge in [0.25, 0.3) is 5.91 Å². The van der Waals surface area contributed by atoms with E-state index in [0.717, 1.165) is 9.86 Å². The molecule has 1 aromatic heterocycles. The van der Waals surface area contributed by atoms with Gasteiger partial charge in [0.1, 0.15) is 5.58 Å². The van der Waals surface area contributed by atoms with E-state index in [0.29, 0.717) is 18.5 Å². The minimum atomic E-state index is -0.870. The second-order valence-electron chi connectivity index (χ2n) is 5.64. The molecule has 5 nitrogen and oxygen atoms in total. The van der Waals surface area contributed by atoms with Crippen LogP contribution in [0.25, 0.3) is 11.0 Å². The Morgan fingerprint density at radius 2 is 2.14 bits per heavy atom. The third kappa shape index (κ3) is 2.44. The molecule has 1 amide bonds. The van der Waals surface area contributed by atoms with Crippen molar-refractivity contribution in [3.63, 3.8) is 0 Å². The van der Waals surface area contributed by atoms with Crippen molar-refractivity contribution in [1.29, 1.82) is 0 Å². The lowest BCUT2D eigenvalue weighted by atomic mass is 9.90. The summed E-state index contributed by atoms with van der Waals surface area (Å²) in [4.78, 5) is 25.2. The van der Waals surface area contributed by atoms with Crippen molar-refractivity contribution in [1.82, 2.24) is 4.90 Å². The van der Waals surface area contributed by atoms with Crippen molar-refractivity contribution in [3.8, 4) is 0 Å². The first-order valence-electron chi connectivity index (χ1n) is 6.61. The lowest BCUT2D eigenvalue weighted by molar-refractivity contribution is -0.147. The SMILES string of the molecule is C[C@]1(C(=O)O)CCN(C(=O)c2cc3cc(Br)ccc3o2)C1. The lowest BCUT2D eigenvalue weighted by Gasteiger charge is -2.19. The first kappa shape index (κ1) is 14.1. The van der Waals surface area contributed by atoms with E-state index in [9.17, 15) is 14.7 Å². The van der Waals surface area contributed by atoms with E-state index in [-0.39, 0.29) is 18.2 Å². The Bertz CT molecular complexity index is 738. The highest BCUT2D eigenvalue weighted by atomic mass is 79.9.